The number of benzene rings is 1. The van der Waals surface area contributed by atoms with Crippen molar-refractivity contribution in [2.24, 2.45) is 0 Å². The lowest BCUT2D eigenvalue weighted by molar-refractivity contribution is -0.137. The first kappa shape index (κ1) is 10.8. The molecule has 0 fully saturated rings. The number of hydrogen-bond acceptors (Lipinski definition) is 1. The minimum atomic E-state index is -0.838. The van der Waals surface area contributed by atoms with E-state index >= 15 is 0 Å². The average molecular weight is 211 g/mol. The standard InChI is InChI=1S/C11H11ClO2/c1-2-8(7-11(13)14)9-4-3-5-10(12)6-9/h2-6,8H,1,7H2,(H,13,14)/t8-/m0/s1. The molecule has 0 amide bonds. The zero-order chi connectivity index (χ0) is 10.6. The summed E-state index contributed by atoms with van der Waals surface area (Å²) < 4.78 is 0. The van der Waals surface area contributed by atoms with E-state index in [-0.39, 0.29) is 12.3 Å². The van der Waals surface area contributed by atoms with Gasteiger partial charge in [0, 0.05) is 10.9 Å². The van der Waals surface area contributed by atoms with Crippen molar-refractivity contribution >= 4 is 17.6 Å². The van der Waals surface area contributed by atoms with Crippen molar-refractivity contribution in [2.45, 2.75) is 12.3 Å². The SMILES string of the molecule is C=C[C@@H](CC(=O)O)c1cccc(Cl)c1. The molecule has 0 saturated heterocycles. The average Bonchev–Trinajstić information content (AvgIpc) is 2.14. The molecule has 0 unspecified atom stereocenters. The second-order valence-electron chi connectivity index (χ2n) is 3.00. The molecule has 0 saturated carbocycles. The van der Waals surface area contributed by atoms with Crippen molar-refractivity contribution in [1.29, 1.82) is 0 Å². The first-order valence-corrected chi connectivity index (χ1v) is 4.61. The summed E-state index contributed by atoms with van der Waals surface area (Å²) in [6.07, 6.45) is 1.67. The Kier molecular flexibility index (Phi) is 3.72. The van der Waals surface area contributed by atoms with Gasteiger partial charge in [0.2, 0.25) is 0 Å². The molecule has 0 aliphatic rings. The van der Waals surface area contributed by atoms with Crippen LogP contribution in [0.2, 0.25) is 5.02 Å². The second kappa shape index (κ2) is 4.82. The molecule has 0 radical (unpaired) electrons. The van der Waals surface area contributed by atoms with Crippen molar-refractivity contribution in [3.05, 3.63) is 47.5 Å². The molecule has 1 rings (SSSR count). The van der Waals surface area contributed by atoms with Gasteiger partial charge in [0.05, 0.1) is 6.42 Å². The Morgan fingerprint density at radius 3 is 2.86 bits per heavy atom. The smallest absolute Gasteiger partial charge is 0.304 e. The fourth-order valence-corrected chi connectivity index (χ4v) is 1.46. The third-order valence-electron chi connectivity index (χ3n) is 1.96. The number of carboxylic acid groups (broad SMARTS) is 1. The van der Waals surface area contributed by atoms with Crippen molar-refractivity contribution < 1.29 is 9.90 Å². The highest BCUT2D eigenvalue weighted by atomic mass is 35.5. The van der Waals surface area contributed by atoms with Gasteiger partial charge in [-0.15, -0.1) is 6.58 Å². The van der Waals surface area contributed by atoms with Crippen LogP contribution in [-0.2, 0) is 4.79 Å². The fraction of sp³-hybridized carbons (Fsp3) is 0.182. The lowest BCUT2D eigenvalue weighted by Crippen LogP contribution is -2.03. The van der Waals surface area contributed by atoms with Gasteiger partial charge < -0.3 is 5.11 Å². The quantitative estimate of drug-likeness (QED) is 0.776. The maximum absolute atomic E-state index is 10.5. The lowest BCUT2D eigenvalue weighted by Gasteiger charge is -2.09. The summed E-state index contributed by atoms with van der Waals surface area (Å²) in [4.78, 5) is 10.5. The van der Waals surface area contributed by atoms with Crippen LogP contribution in [0.15, 0.2) is 36.9 Å². The molecule has 1 N–H and O–H groups in total. The zero-order valence-corrected chi connectivity index (χ0v) is 8.37. The maximum atomic E-state index is 10.5. The van der Waals surface area contributed by atoms with E-state index in [4.69, 9.17) is 16.7 Å². The third-order valence-corrected chi connectivity index (χ3v) is 2.19. The summed E-state index contributed by atoms with van der Waals surface area (Å²) >= 11 is 5.80. The third kappa shape index (κ3) is 2.89. The highest BCUT2D eigenvalue weighted by molar-refractivity contribution is 6.30. The number of halogens is 1. The molecule has 74 valence electrons. The van der Waals surface area contributed by atoms with E-state index in [0.29, 0.717) is 5.02 Å². The van der Waals surface area contributed by atoms with Crippen LogP contribution in [0.3, 0.4) is 0 Å². The summed E-state index contributed by atoms with van der Waals surface area (Å²) in [5.41, 5.74) is 0.884. The molecule has 14 heavy (non-hydrogen) atoms. The minimum Gasteiger partial charge on any atom is -0.481 e. The van der Waals surface area contributed by atoms with Crippen LogP contribution in [0, 0.1) is 0 Å². The van der Waals surface area contributed by atoms with Crippen LogP contribution in [0.5, 0.6) is 0 Å². The number of rotatable bonds is 4. The molecule has 1 aromatic carbocycles. The van der Waals surface area contributed by atoms with E-state index in [9.17, 15) is 4.79 Å². The van der Waals surface area contributed by atoms with E-state index in [1.54, 1.807) is 24.3 Å². The lowest BCUT2D eigenvalue weighted by atomic mass is 9.96. The van der Waals surface area contributed by atoms with Gasteiger partial charge in [-0.2, -0.15) is 0 Å². The summed E-state index contributed by atoms with van der Waals surface area (Å²) in [6, 6.07) is 7.17. The normalized spacial score (nSPS) is 12.1. The molecule has 0 aliphatic carbocycles. The van der Waals surface area contributed by atoms with Crippen molar-refractivity contribution in [1.82, 2.24) is 0 Å². The maximum Gasteiger partial charge on any atom is 0.304 e. The van der Waals surface area contributed by atoms with Crippen molar-refractivity contribution in [2.75, 3.05) is 0 Å². The molecule has 0 heterocycles. The van der Waals surface area contributed by atoms with Gasteiger partial charge in [-0.1, -0.05) is 29.8 Å². The monoisotopic (exact) mass is 210 g/mol. The molecular formula is C11H11ClO2. The van der Waals surface area contributed by atoms with Gasteiger partial charge >= 0.3 is 5.97 Å². The highest BCUT2D eigenvalue weighted by Gasteiger charge is 2.11. The van der Waals surface area contributed by atoms with E-state index < -0.39 is 5.97 Å². The largest absolute Gasteiger partial charge is 0.481 e. The minimum absolute atomic E-state index is 0.0455. The van der Waals surface area contributed by atoms with Crippen molar-refractivity contribution in [3.63, 3.8) is 0 Å². The molecule has 0 aromatic heterocycles. The fourth-order valence-electron chi connectivity index (χ4n) is 1.26. The second-order valence-corrected chi connectivity index (χ2v) is 3.43. The van der Waals surface area contributed by atoms with Gasteiger partial charge in [-0.3, -0.25) is 4.79 Å². The number of aliphatic carboxylic acids is 1. The Balaban J connectivity index is 2.89. The Labute approximate surface area is 87.8 Å². The predicted molar refractivity (Wildman–Crippen MR) is 56.6 cm³/mol. The van der Waals surface area contributed by atoms with Crippen molar-refractivity contribution in [3.8, 4) is 0 Å². The van der Waals surface area contributed by atoms with E-state index in [0.717, 1.165) is 5.56 Å². The summed E-state index contributed by atoms with van der Waals surface area (Å²) in [5.74, 6) is -1.01. The summed E-state index contributed by atoms with van der Waals surface area (Å²) in [5, 5.41) is 9.28. The van der Waals surface area contributed by atoms with Crippen LogP contribution >= 0.6 is 11.6 Å². The summed E-state index contributed by atoms with van der Waals surface area (Å²) in [6.45, 7) is 3.61. The van der Waals surface area contributed by atoms with Gasteiger partial charge in [0.25, 0.3) is 0 Å². The number of carbonyl (C=O) groups is 1. The van der Waals surface area contributed by atoms with Gasteiger partial charge in [0.15, 0.2) is 0 Å². The molecule has 1 aromatic rings. The van der Waals surface area contributed by atoms with E-state index in [1.165, 1.54) is 0 Å². The molecule has 1 atom stereocenters. The molecule has 0 bridgehead atoms. The van der Waals surface area contributed by atoms with Gasteiger partial charge in [0.1, 0.15) is 0 Å². The number of allylic oxidation sites excluding steroid dienone is 1. The van der Waals surface area contributed by atoms with Crippen LogP contribution in [-0.4, -0.2) is 11.1 Å². The van der Waals surface area contributed by atoms with Crippen LogP contribution in [0.25, 0.3) is 0 Å². The van der Waals surface area contributed by atoms with Gasteiger partial charge in [-0.25, -0.2) is 0 Å². The Morgan fingerprint density at radius 1 is 1.64 bits per heavy atom. The van der Waals surface area contributed by atoms with Crippen LogP contribution in [0.1, 0.15) is 17.9 Å². The molecule has 0 spiro atoms. The van der Waals surface area contributed by atoms with Crippen LogP contribution in [0.4, 0.5) is 0 Å². The Bertz CT molecular complexity index is 347. The molecule has 3 heteroatoms. The van der Waals surface area contributed by atoms with Crippen LogP contribution < -0.4 is 0 Å². The number of carboxylic acids is 1. The van der Waals surface area contributed by atoms with E-state index in [2.05, 4.69) is 6.58 Å². The molecule has 2 nitrogen and oxygen atoms in total. The topological polar surface area (TPSA) is 37.3 Å². The zero-order valence-electron chi connectivity index (χ0n) is 7.61. The Hall–Kier alpha value is -1.28. The molecule has 0 aliphatic heterocycles. The predicted octanol–water partition coefficient (Wildman–Crippen LogP) is 3.08. The number of hydrogen-bond donors (Lipinski definition) is 1. The first-order valence-electron chi connectivity index (χ1n) is 4.23. The highest BCUT2D eigenvalue weighted by Crippen LogP contribution is 2.23. The Morgan fingerprint density at radius 2 is 2.36 bits per heavy atom. The molecular weight excluding hydrogens is 200 g/mol. The first-order chi connectivity index (χ1) is 6.63. The van der Waals surface area contributed by atoms with Gasteiger partial charge in [-0.05, 0) is 17.7 Å². The summed E-state index contributed by atoms with van der Waals surface area (Å²) in [7, 11) is 0. The van der Waals surface area contributed by atoms with E-state index in [1.807, 2.05) is 6.07 Å².